The molecule has 0 heterocycles. The van der Waals surface area contributed by atoms with E-state index in [1.54, 1.807) is 0 Å². The first-order valence-corrected chi connectivity index (χ1v) is 5.70. The molecule has 1 aliphatic carbocycles. The summed E-state index contributed by atoms with van der Waals surface area (Å²) in [5, 5.41) is 17.7. The molecular weight excluding hydrogens is 222 g/mol. The van der Waals surface area contributed by atoms with Gasteiger partial charge >= 0.3 is 0 Å². The Morgan fingerprint density at radius 3 is 2.41 bits per heavy atom. The number of hydrogen-bond donors (Lipinski definition) is 2. The molecular formula is C12H19NO4. The normalized spacial score (nSPS) is 23.3. The summed E-state index contributed by atoms with van der Waals surface area (Å²) in [7, 11) is 0. The predicted molar refractivity (Wildman–Crippen MR) is 63.0 cm³/mol. The van der Waals surface area contributed by atoms with Crippen LogP contribution in [0.1, 0.15) is 26.7 Å². The maximum atomic E-state index is 11.7. The Bertz CT molecular complexity index is 315. The van der Waals surface area contributed by atoms with Gasteiger partial charge in [-0.2, -0.15) is 0 Å². The number of aliphatic hydroxyl groups is 2. The summed E-state index contributed by atoms with van der Waals surface area (Å²) < 4.78 is 0. The Kier molecular flexibility index (Phi) is 4.54. The van der Waals surface area contributed by atoms with Crippen LogP contribution in [-0.2, 0) is 9.59 Å². The van der Waals surface area contributed by atoms with E-state index in [0.29, 0.717) is 12.8 Å². The standard InChI is InChI=1S/C12H19NO4/c1-12(2)3-10(16)9(11(17)4-12)6-13-5-8(15)7-14/h6,8-9,14-15H,3-5,7H2,1-2H3/t8-/m1/s1. The summed E-state index contributed by atoms with van der Waals surface area (Å²) in [4.78, 5) is 27.3. The van der Waals surface area contributed by atoms with Gasteiger partial charge in [0, 0.05) is 19.1 Å². The highest BCUT2D eigenvalue weighted by molar-refractivity contribution is 6.16. The summed E-state index contributed by atoms with van der Waals surface area (Å²) in [5.41, 5.74) is -0.261. The van der Waals surface area contributed by atoms with Crippen LogP contribution in [0.4, 0.5) is 0 Å². The highest BCUT2D eigenvalue weighted by Crippen LogP contribution is 2.33. The van der Waals surface area contributed by atoms with Crippen molar-refractivity contribution in [3.05, 3.63) is 0 Å². The second kappa shape index (κ2) is 5.51. The maximum absolute atomic E-state index is 11.7. The first-order chi connectivity index (χ1) is 7.85. The Morgan fingerprint density at radius 2 is 1.94 bits per heavy atom. The van der Waals surface area contributed by atoms with Gasteiger partial charge in [0.1, 0.15) is 17.5 Å². The van der Waals surface area contributed by atoms with Gasteiger partial charge in [-0.1, -0.05) is 13.8 Å². The topological polar surface area (TPSA) is 87.0 Å². The predicted octanol–water partition coefficient (Wildman–Crippen LogP) is -0.0152. The Balaban J connectivity index is 2.60. The lowest BCUT2D eigenvalue weighted by Gasteiger charge is -2.30. The van der Waals surface area contributed by atoms with E-state index in [-0.39, 0.29) is 30.1 Å². The zero-order valence-electron chi connectivity index (χ0n) is 10.2. The van der Waals surface area contributed by atoms with Crippen molar-refractivity contribution in [2.75, 3.05) is 13.2 Å². The molecule has 5 nitrogen and oxygen atoms in total. The summed E-state index contributed by atoms with van der Waals surface area (Å²) >= 11 is 0. The lowest BCUT2D eigenvalue weighted by atomic mass is 9.72. The number of carbonyl (C=O) groups excluding carboxylic acids is 2. The molecule has 0 bridgehead atoms. The minimum Gasteiger partial charge on any atom is -0.394 e. The van der Waals surface area contributed by atoms with E-state index in [1.807, 2.05) is 13.8 Å². The van der Waals surface area contributed by atoms with Gasteiger partial charge in [-0.05, 0) is 5.41 Å². The van der Waals surface area contributed by atoms with Crippen LogP contribution in [0.25, 0.3) is 0 Å². The van der Waals surface area contributed by atoms with Crippen LogP contribution in [0, 0.1) is 11.3 Å². The van der Waals surface area contributed by atoms with E-state index in [1.165, 1.54) is 6.21 Å². The molecule has 0 aromatic carbocycles. The number of Topliss-reactive ketones (excluding diaryl/α,β-unsaturated/α-hetero) is 2. The largest absolute Gasteiger partial charge is 0.394 e. The highest BCUT2D eigenvalue weighted by Gasteiger charge is 2.38. The SMILES string of the molecule is CC1(C)CC(=O)C(C=NC[C@@H](O)CO)C(=O)C1. The van der Waals surface area contributed by atoms with Gasteiger partial charge in [0.25, 0.3) is 0 Å². The Morgan fingerprint density at radius 1 is 1.41 bits per heavy atom. The fraction of sp³-hybridized carbons (Fsp3) is 0.750. The fourth-order valence-corrected chi connectivity index (χ4v) is 1.92. The van der Waals surface area contributed by atoms with Gasteiger partial charge < -0.3 is 10.2 Å². The zero-order valence-corrected chi connectivity index (χ0v) is 10.2. The number of hydrogen-bond acceptors (Lipinski definition) is 5. The monoisotopic (exact) mass is 241 g/mol. The molecule has 0 aromatic rings. The van der Waals surface area contributed by atoms with E-state index in [4.69, 9.17) is 10.2 Å². The minimum absolute atomic E-state index is 0.0109. The van der Waals surface area contributed by atoms with E-state index < -0.39 is 12.0 Å². The number of rotatable bonds is 4. The maximum Gasteiger partial charge on any atom is 0.149 e. The van der Waals surface area contributed by atoms with Crippen molar-refractivity contribution in [3.63, 3.8) is 0 Å². The summed E-state index contributed by atoms with van der Waals surface area (Å²) in [6, 6.07) is 0. The third kappa shape index (κ3) is 4.02. The van der Waals surface area contributed by atoms with Crippen molar-refractivity contribution in [3.8, 4) is 0 Å². The zero-order chi connectivity index (χ0) is 13.1. The van der Waals surface area contributed by atoms with Crippen molar-refractivity contribution in [1.82, 2.24) is 0 Å². The van der Waals surface area contributed by atoms with Crippen molar-refractivity contribution < 1.29 is 19.8 Å². The van der Waals surface area contributed by atoms with Crippen LogP contribution in [-0.4, -0.2) is 47.2 Å². The van der Waals surface area contributed by atoms with E-state index in [2.05, 4.69) is 4.99 Å². The molecule has 17 heavy (non-hydrogen) atoms. The number of aliphatic imine (C=N–C) groups is 1. The lowest BCUT2D eigenvalue weighted by Crippen LogP contribution is -2.38. The molecule has 0 amide bonds. The number of nitrogens with zero attached hydrogens (tertiary/aromatic N) is 1. The summed E-state index contributed by atoms with van der Waals surface area (Å²) in [6.45, 7) is 3.42. The second-order valence-electron chi connectivity index (χ2n) is 5.28. The first kappa shape index (κ1) is 14.0. The van der Waals surface area contributed by atoms with E-state index in [0.717, 1.165) is 0 Å². The van der Waals surface area contributed by atoms with Gasteiger partial charge in [-0.25, -0.2) is 0 Å². The number of carbonyl (C=O) groups is 2. The molecule has 1 rings (SSSR count). The van der Waals surface area contributed by atoms with Gasteiger partial charge in [0.15, 0.2) is 0 Å². The highest BCUT2D eigenvalue weighted by atomic mass is 16.3. The Labute approximate surface area is 101 Å². The number of aliphatic hydroxyl groups excluding tert-OH is 2. The van der Waals surface area contributed by atoms with Gasteiger partial charge in [0.2, 0.25) is 0 Å². The molecule has 0 unspecified atom stereocenters. The lowest BCUT2D eigenvalue weighted by molar-refractivity contribution is -0.136. The van der Waals surface area contributed by atoms with Gasteiger partial charge in [0.05, 0.1) is 19.3 Å². The van der Waals surface area contributed by atoms with Crippen LogP contribution in [0.2, 0.25) is 0 Å². The molecule has 0 aliphatic heterocycles. The average Bonchev–Trinajstić information content (AvgIpc) is 2.20. The summed E-state index contributed by atoms with van der Waals surface area (Å²) in [6.07, 6.45) is 1.12. The molecule has 1 aliphatic rings. The third-order valence-corrected chi connectivity index (χ3v) is 2.78. The van der Waals surface area contributed by atoms with Crippen molar-refractivity contribution in [2.24, 2.45) is 16.3 Å². The van der Waals surface area contributed by atoms with E-state index >= 15 is 0 Å². The third-order valence-electron chi connectivity index (χ3n) is 2.78. The van der Waals surface area contributed by atoms with Crippen LogP contribution in [0.15, 0.2) is 4.99 Å². The smallest absolute Gasteiger partial charge is 0.149 e. The molecule has 0 aromatic heterocycles. The molecule has 0 spiro atoms. The van der Waals surface area contributed by atoms with Crippen molar-refractivity contribution in [1.29, 1.82) is 0 Å². The molecule has 1 atom stereocenters. The Hall–Kier alpha value is -1.07. The van der Waals surface area contributed by atoms with Crippen molar-refractivity contribution >= 4 is 17.8 Å². The molecule has 0 radical (unpaired) electrons. The molecule has 1 fully saturated rings. The van der Waals surface area contributed by atoms with E-state index in [9.17, 15) is 9.59 Å². The van der Waals surface area contributed by atoms with Crippen LogP contribution in [0.5, 0.6) is 0 Å². The molecule has 0 saturated heterocycles. The average molecular weight is 241 g/mol. The molecule has 2 N–H and O–H groups in total. The van der Waals surface area contributed by atoms with Crippen LogP contribution in [0.3, 0.4) is 0 Å². The van der Waals surface area contributed by atoms with Crippen LogP contribution >= 0.6 is 0 Å². The minimum atomic E-state index is -0.934. The first-order valence-electron chi connectivity index (χ1n) is 5.70. The quantitative estimate of drug-likeness (QED) is 0.535. The second-order valence-corrected chi connectivity index (χ2v) is 5.28. The van der Waals surface area contributed by atoms with Gasteiger partial charge in [-0.3, -0.25) is 14.6 Å². The number of ketones is 2. The molecule has 1 saturated carbocycles. The summed E-state index contributed by atoms with van der Waals surface area (Å²) in [5.74, 6) is -1.00. The van der Waals surface area contributed by atoms with Gasteiger partial charge in [-0.15, -0.1) is 0 Å². The fourth-order valence-electron chi connectivity index (χ4n) is 1.92. The van der Waals surface area contributed by atoms with Crippen LogP contribution < -0.4 is 0 Å². The molecule has 5 heteroatoms. The van der Waals surface area contributed by atoms with Crippen molar-refractivity contribution in [2.45, 2.75) is 32.8 Å². The molecule has 96 valence electrons.